The van der Waals surface area contributed by atoms with E-state index in [-0.39, 0.29) is 0 Å². The minimum Gasteiger partial charge on any atom is -0.384 e. The van der Waals surface area contributed by atoms with Crippen LogP contribution in [0.5, 0.6) is 0 Å². The van der Waals surface area contributed by atoms with E-state index >= 15 is 0 Å². The lowest BCUT2D eigenvalue weighted by molar-refractivity contribution is 1.15. The second-order valence-corrected chi connectivity index (χ2v) is 4.73. The molecular formula is C8H6ClN3S2. The maximum absolute atomic E-state index is 5.82. The van der Waals surface area contributed by atoms with Gasteiger partial charge in [-0.3, -0.25) is 0 Å². The summed E-state index contributed by atoms with van der Waals surface area (Å²) in [5.74, 6) is 0.410. The van der Waals surface area contributed by atoms with Crippen molar-refractivity contribution in [3.8, 4) is 10.6 Å². The number of thiophene rings is 1. The van der Waals surface area contributed by atoms with Gasteiger partial charge in [0, 0.05) is 6.07 Å². The Morgan fingerprint density at radius 1 is 1.50 bits per heavy atom. The molecule has 0 saturated heterocycles. The van der Waals surface area contributed by atoms with E-state index in [9.17, 15) is 0 Å². The zero-order valence-electron chi connectivity index (χ0n) is 6.95. The minimum absolute atomic E-state index is 0.379. The summed E-state index contributed by atoms with van der Waals surface area (Å²) < 4.78 is 1.11. The second kappa shape index (κ2) is 3.68. The first-order valence-corrected chi connectivity index (χ1v) is 5.38. The molecule has 0 unspecified atom stereocenters. The number of nitrogen functional groups attached to an aromatic ring is 1. The maximum atomic E-state index is 5.82. The molecule has 0 aliphatic rings. The molecule has 0 aromatic carbocycles. The summed E-state index contributed by atoms with van der Waals surface area (Å²) in [6.45, 7) is 0. The third-order valence-electron chi connectivity index (χ3n) is 1.60. The highest BCUT2D eigenvalue weighted by Crippen LogP contribution is 2.29. The monoisotopic (exact) mass is 243 g/mol. The van der Waals surface area contributed by atoms with E-state index in [0.29, 0.717) is 10.6 Å². The first-order chi connectivity index (χ1) is 6.65. The van der Waals surface area contributed by atoms with Gasteiger partial charge >= 0.3 is 0 Å². The van der Waals surface area contributed by atoms with E-state index < -0.39 is 0 Å². The molecule has 6 heteroatoms. The van der Waals surface area contributed by atoms with Crippen LogP contribution in [0, 0.1) is 4.77 Å². The van der Waals surface area contributed by atoms with Gasteiger partial charge in [-0.2, -0.15) is 0 Å². The molecule has 2 rings (SSSR count). The van der Waals surface area contributed by atoms with Gasteiger partial charge in [0.25, 0.3) is 0 Å². The fourth-order valence-corrected chi connectivity index (χ4v) is 2.30. The zero-order valence-corrected chi connectivity index (χ0v) is 9.34. The van der Waals surface area contributed by atoms with Crippen molar-refractivity contribution >= 4 is 41.0 Å². The van der Waals surface area contributed by atoms with Crippen LogP contribution in [-0.2, 0) is 0 Å². The minimum atomic E-state index is 0.379. The standard InChI is InChI=1S/C8H6ClN3S2/c9-6-2-1-5(14-6)4-3-7(10)12-8(13)11-4/h1-3H,(H3,10,11,12,13). The molecule has 2 heterocycles. The SMILES string of the molecule is Nc1cc(-c2ccc(Cl)s2)[nH]c(=S)n1. The lowest BCUT2D eigenvalue weighted by atomic mass is 10.3. The Kier molecular flexibility index (Phi) is 2.54. The van der Waals surface area contributed by atoms with Crippen LogP contribution in [0.3, 0.4) is 0 Å². The number of rotatable bonds is 1. The molecule has 72 valence electrons. The molecule has 0 spiro atoms. The summed E-state index contributed by atoms with van der Waals surface area (Å²) in [5, 5.41) is 0. The molecule has 0 fully saturated rings. The predicted molar refractivity (Wildman–Crippen MR) is 62.2 cm³/mol. The smallest absolute Gasteiger partial charge is 0.199 e. The van der Waals surface area contributed by atoms with Crippen LogP contribution in [0.1, 0.15) is 0 Å². The normalized spacial score (nSPS) is 10.4. The number of hydrogen-bond donors (Lipinski definition) is 2. The van der Waals surface area contributed by atoms with E-state index in [1.165, 1.54) is 11.3 Å². The third kappa shape index (κ3) is 1.95. The van der Waals surface area contributed by atoms with Crippen molar-refractivity contribution in [2.45, 2.75) is 0 Å². The molecule has 0 aliphatic carbocycles. The predicted octanol–water partition coefficient (Wildman–Crippen LogP) is 3.10. The molecule has 0 saturated carbocycles. The zero-order chi connectivity index (χ0) is 10.1. The number of nitrogens with two attached hydrogens (primary N) is 1. The molecular weight excluding hydrogens is 238 g/mol. The highest BCUT2D eigenvalue weighted by molar-refractivity contribution is 7.71. The molecule has 0 bridgehead atoms. The van der Waals surface area contributed by atoms with Crippen LogP contribution in [-0.4, -0.2) is 9.97 Å². The largest absolute Gasteiger partial charge is 0.384 e. The van der Waals surface area contributed by atoms with E-state index in [1.54, 1.807) is 6.07 Å². The molecule has 0 radical (unpaired) electrons. The molecule has 3 nitrogen and oxygen atoms in total. The highest BCUT2D eigenvalue weighted by atomic mass is 35.5. The Morgan fingerprint density at radius 3 is 2.86 bits per heavy atom. The Hall–Kier alpha value is -0.910. The van der Waals surface area contributed by atoms with Crippen LogP contribution >= 0.6 is 35.2 Å². The van der Waals surface area contributed by atoms with Crippen molar-refractivity contribution < 1.29 is 0 Å². The van der Waals surface area contributed by atoms with Crippen LogP contribution < -0.4 is 5.73 Å². The van der Waals surface area contributed by atoms with Gasteiger partial charge in [-0.1, -0.05) is 11.6 Å². The van der Waals surface area contributed by atoms with Crippen LogP contribution in [0.4, 0.5) is 5.82 Å². The Morgan fingerprint density at radius 2 is 2.29 bits per heavy atom. The van der Waals surface area contributed by atoms with Crippen LogP contribution in [0.25, 0.3) is 10.6 Å². The van der Waals surface area contributed by atoms with E-state index in [1.807, 2.05) is 12.1 Å². The van der Waals surface area contributed by atoms with Crippen molar-refractivity contribution in [3.63, 3.8) is 0 Å². The number of aromatic amines is 1. The van der Waals surface area contributed by atoms with Crippen molar-refractivity contribution in [2.75, 3.05) is 5.73 Å². The number of halogens is 1. The van der Waals surface area contributed by atoms with E-state index in [2.05, 4.69) is 9.97 Å². The van der Waals surface area contributed by atoms with Gasteiger partial charge in [0.05, 0.1) is 14.9 Å². The Balaban J connectivity index is 2.56. The van der Waals surface area contributed by atoms with Gasteiger partial charge in [0.15, 0.2) is 4.77 Å². The molecule has 0 aliphatic heterocycles. The van der Waals surface area contributed by atoms with Gasteiger partial charge in [-0.15, -0.1) is 11.3 Å². The molecule has 0 amide bonds. The highest BCUT2D eigenvalue weighted by Gasteiger charge is 2.02. The molecule has 2 aromatic heterocycles. The van der Waals surface area contributed by atoms with Crippen molar-refractivity contribution in [3.05, 3.63) is 27.3 Å². The molecule has 3 N–H and O–H groups in total. The van der Waals surface area contributed by atoms with E-state index in [4.69, 9.17) is 29.6 Å². The lowest BCUT2D eigenvalue weighted by Crippen LogP contribution is -1.93. The summed E-state index contributed by atoms with van der Waals surface area (Å²) in [7, 11) is 0. The van der Waals surface area contributed by atoms with Gasteiger partial charge in [-0.05, 0) is 24.4 Å². The number of hydrogen-bond acceptors (Lipinski definition) is 4. The first-order valence-electron chi connectivity index (χ1n) is 3.78. The number of nitrogens with zero attached hydrogens (tertiary/aromatic N) is 1. The summed E-state index contributed by atoms with van der Waals surface area (Å²) in [6, 6.07) is 5.47. The number of aromatic nitrogens is 2. The average Bonchev–Trinajstić information content (AvgIpc) is 2.50. The maximum Gasteiger partial charge on any atom is 0.199 e. The number of H-pyrrole nitrogens is 1. The summed E-state index contributed by atoms with van der Waals surface area (Å²) in [4.78, 5) is 7.82. The van der Waals surface area contributed by atoms with Crippen molar-refractivity contribution in [1.29, 1.82) is 0 Å². The van der Waals surface area contributed by atoms with Gasteiger partial charge in [-0.25, -0.2) is 4.98 Å². The van der Waals surface area contributed by atoms with Gasteiger partial charge in [0.1, 0.15) is 5.82 Å². The quantitative estimate of drug-likeness (QED) is 0.757. The summed E-state index contributed by atoms with van der Waals surface area (Å²) in [5.41, 5.74) is 6.42. The number of anilines is 1. The lowest BCUT2D eigenvalue weighted by Gasteiger charge is -1.98. The van der Waals surface area contributed by atoms with Crippen LogP contribution in [0.2, 0.25) is 4.34 Å². The fourth-order valence-electron chi connectivity index (χ4n) is 1.07. The topological polar surface area (TPSA) is 54.7 Å². The molecule has 0 atom stereocenters. The Bertz CT molecular complexity index is 517. The fraction of sp³-hybridized carbons (Fsp3) is 0. The molecule has 14 heavy (non-hydrogen) atoms. The third-order valence-corrected chi connectivity index (χ3v) is 3.06. The summed E-state index contributed by atoms with van der Waals surface area (Å²) >= 11 is 12.2. The van der Waals surface area contributed by atoms with E-state index in [0.717, 1.165) is 14.9 Å². The second-order valence-electron chi connectivity index (χ2n) is 2.63. The number of nitrogens with one attached hydrogen (secondary N) is 1. The summed E-state index contributed by atoms with van der Waals surface area (Å²) in [6.07, 6.45) is 0. The molecule has 2 aromatic rings. The average molecular weight is 244 g/mol. The van der Waals surface area contributed by atoms with Crippen LogP contribution in [0.15, 0.2) is 18.2 Å². The van der Waals surface area contributed by atoms with Crippen molar-refractivity contribution in [1.82, 2.24) is 9.97 Å². The van der Waals surface area contributed by atoms with Gasteiger partial charge < -0.3 is 10.7 Å². The first kappa shape index (κ1) is 9.64. The Labute approximate surface area is 94.6 Å². The van der Waals surface area contributed by atoms with Crippen molar-refractivity contribution in [2.24, 2.45) is 0 Å². The van der Waals surface area contributed by atoms with Gasteiger partial charge in [0.2, 0.25) is 0 Å².